The molecule has 0 radical (unpaired) electrons. The van der Waals surface area contributed by atoms with Gasteiger partial charge in [0.25, 0.3) is 0 Å². The van der Waals surface area contributed by atoms with Crippen LogP contribution in [0.3, 0.4) is 0 Å². The molecule has 0 N–H and O–H groups in total. The molecule has 0 spiro atoms. The summed E-state index contributed by atoms with van der Waals surface area (Å²) >= 11 is 14.8. The summed E-state index contributed by atoms with van der Waals surface area (Å²) in [6.45, 7) is 5.56. The first kappa shape index (κ1) is 14.8. The summed E-state index contributed by atoms with van der Waals surface area (Å²) in [5.74, 6) is -0.388. The van der Waals surface area contributed by atoms with Crippen LogP contribution in [0, 0.1) is 5.82 Å². The molecule has 0 bridgehead atoms. The van der Waals surface area contributed by atoms with Gasteiger partial charge >= 0.3 is 0 Å². The summed E-state index contributed by atoms with van der Waals surface area (Å²) in [5.41, 5.74) is -0.434. The van der Waals surface area contributed by atoms with Gasteiger partial charge in [0.2, 0.25) is 11.2 Å². The van der Waals surface area contributed by atoms with Gasteiger partial charge in [-0.25, -0.2) is 9.37 Å². The third-order valence-electron chi connectivity index (χ3n) is 2.17. The summed E-state index contributed by atoms with van der Waals surface area (Å²) in [6, 6.07) is 1.54. The lowest BCUT2D eigenvalue weighted by molar-refractivity contribution is 0.126. The van der Waals surface area contributed by atoms with E-state index < -0.39 is 11.4 Å². The minimum absolute atomic E-state index is 0.0653. The Balaban J connectivity index is 2.78. The second kappa shape index (κ2) is 5.04. The number of fused-ring (bicyclic) bond motifs is 1. The largest absolute Gasteiger partial charge is 0.471 e. The SMILES string of the molecule is CC(C)(C)Oc1nc(Cl)nc2c(F)c(Br)c(Cl)cc12. The van der Waals surface area contributed by atoms with Gasteiger partial charge in [-0.05, 0) is 54.4 Å². The highest BCUT2D eigenvalue weighted by Crippen LogP contribution is 2.36. The Morgan fingerprint density at radius 3 is 2.47 bits per heavy atom. The van der Waals surface area contributed by atoms with Crippen molar-refractivity contribution >= 4 is 50.0 Å². The molecular weight excluding hydrogens is 358 g/mol. The predicted molar refractivity (Wildman–Crippen MR) is 77.6 cm³/mol. The Kier molecular flexibility index (Phi) is 3.91. The topological polar surface area (TPSA) is 35.0 Å². The van der Waals surface area contributed by atoms with Crippen molar-refractivity contribution in [1.82, 2.24) is 9.97 Å². The molecular formula is C12H10BrCl2FN2O. The zero-order chi connectivity index (χ0) is 14.4. The molecule has 1 aromatic heterocycles. The van der Waals surface area contributed by atoms with Gasteiger partial charge < -0.3 is 4.74 Å². The molecule has 0 atom stereocenters. The zero-order valence-electron chi connectivity index (χ0n) is 10.4. The van der Waals surface area contributed by atoms with Crippen LogP contribution >= 0.6 is 39.1 Å². The Morgan fingerprint density at radius 1 is 1.26 bits per heavy atom. The number of hydrogen-bond donors (Lipinski definition) is 0. The van der Waals surface area contributed by atoms with Crippen LogP contribution in [-0.4, -0.2) is 15.6 Å². The summed E-state index contributed by atoms with van der Waals surface area (Å²) in [7, 11) is 0. The first-order chi connectivity index (χ1) is 8.69. The minimum atomic E-state index is -0.592. The van der Waals surface area contributed by atoms with Crippen LogP contribution in [0.15, 0.2) is 10.5 Å². The van der Waals surface area contributed by atoms with Gasteiger partial charge in [0.1, 0.15) is 11.1 Å². The van der Waals surface area contributed by atoms with Crippen molar-refractivity contribution < 1.29 is 9.13 Å². The molecule has 0 aliphatic rings. The summed E-state index contributed by atoms with van der Waals surface area (Å²) in [5, 5.41) is 0.513. The second-order valence-electron chi connectivity index (χ2n) is 4.89. The molecule has 0 amide bonds. The van der Waals surface area contributed by atoms with E-state index in [9.17, 15) is 4.39 Å². The smallest absolute Gasteiger partial charge is 0.226 e. The number of benzene rings is 1. The van der Waals surface area contributed by atoms with Crippen molar-refractivity contribution in [2.24, 2.45) is 0 Å². The van der Waals surface area contributed by atoms with Crippen LogP contribution in [0.2, 0.25) is 10.3 Å². The third kappa shape index (κ3) is 3.09. The average Bonchev–Trinajstić information content (AvgIpc) is 2.26. The fourth-order valence-corrected chi connectivity index (χ4v) is 2.14. The van der Waals surface area contributed by atoms with Crippen molar-refractivity contribution in [3.05, 3.63) is 26.7 Å². The first-order valence-corrected chi connectivity index (χ1v) is 6.93. The molecule has 0 aliphatic heterocycles. The van der Waals surface area contributed by atoms with Gasteiger partial charge in [-0.3, -0.25) is 0 Å². The average molecular weight is 368 g/mol. The Hall–Kier alpha value is -0.650. The summed E-state index contributed by atoms with van der Waals surface area (Å²) < 4.78 is 19.9. The lowest BCUT2D eigenvalue weighted by atomic mass is 10.2. The number of hydrogen-bond acceptors (Lipinski definition) is 3. The van der Waals surface area contributed by atoms with Crippen molar-refractivity contribution in [2.75, 3.05) is 0 Å². The van der Waals surface area contributed by atoms with Crippen LogP contribution in [0.1, 0.15) is 20.8 Å². The molecule has 0 fully saturated rings. The Bertz CT molecular complexity index is 658. The zero-order valence-corrected chi connectivity index (χ0v) is 13.5. The van der Waals surface area contributed by atoms with E-state index in [1.165, 1.54) is 0 Å². The van der Waals surface area contributed by atoms with Crippen LogP contribution < -0.4 is 4.74 Å². The molecule has 7 heteroatoms. The maximum Gasteiger partial charge on any atom is 0.226 e. The van der Waals surface area contributed by atoms with E-state index in [0.717, 1.165) is 0 Å². The minimum Gasteiger partial charge on any atom is -0.471 e. The third-order valence-corrected chi connectivity index (χ3v) is 3.64. The molecule has 1 aromatic carbocycles. The van der Waals surface area contributed by atoms with Crippen LogP contribution in [0.25, 0.3) is 10.9 Å². The highest BCUT2D eigenvalue weighted by molar-refractivity contribution is 9.10. The molecule has 0 unspecified atom stereocenters. The van der Waals surface area contributed by atoms with Gasteiger partial charge in [-0.2, -0.15) is 4.98 Å². The molecule has 3 nitrogen and oxygen atoms in total. The molecule has 102 valence electrons. The lowest BCUT2D eigenvalue weighted by Gasteiger charge is -2.21. The van der Waals surface area contributed by atoms with E-state index in [2.05, 4.69) is 25.9 Å². The molecule has 19 heavy (non-hydrogen) atoms. The van der Waals surface area contributed by atoms with Crippen molar-refractivity contribution in [1.29, 1.82) is 0 Å². The summed E-state index contributed by atoms with van der Waals surface area (Å²) in [6.07, 6.45) is 0. The number of rotatable bonds is 1. The highest BCUT2D eigenvalue weighted by Gasteiger charge is 2.20. The number of aromatic nitrogens is 2. The van der Waals surface area contributed by atoms with Gasteiger partial charge in [0, 0.05) is 0 Å². The first-order valence-electron chi connectivity index (χ1n) is 5.39. The standard InChI is InChI=1S/C12H10BrCl2FN2O/c1-12(2,3)19-10-5-4-6(14)7(13)8(16)9(5)17-11(15)18-10/h4H,1-3H3. The Morgan fingerprint density at radius 2 is 1.89 bits per heavy atom. The molecule has 0 saturated heterocycles. The molecule has 2 aromatic rings. The van der Waals surface area contributed by atoms with Crippen LogP contribution in [-0.2, 0) is 0 Å². The second-order valence-corrected chi connectivity index (χ2v) is 6.43. The Labute approximate surface area is 128 Å². The monoisotopic (exact) mass is 366 g/mol. The maximum atomic E-state index is 14.1. The maximum absolute atomic E-state index is 14.1. The van der Waals surface area contributed by atoms with Crippen molar-refractivity contribution in [3.8, 4) is 5.88 Å². The van der Waals surface area contributed by atoms with Gasteiger partial charge in [0.05, 0.1) is 14.9 Å². The normalized spacial score (nSPS) is 11.9. The van der Waals surface area contributed by atoms with E-state index in [-0.39, 0.29) is 26.2 Å². The van der Waals surface area contributed by atoms with Gasteiger partial charge in [-0.1, -0.05) is 11.6 Å². The fourth-order valence-electron chi connectivity index (χ4n) is 1.49. The van der Waals surface area contributed by atoms with E-state index in [0.29, 0.717) is 5.39 Å². The van der Waals surface area contributed by atoms with Crippen LogP contribution in [0.4, 0.5) is 4.39 Å². The van der Waals surface area contributed by atoms with E-state index >= 15 is 0 Å². The fraction of sp³-hybridized carbons (Fsp3) is 0.333. The van der Waals surface area contributed by atoms with Crippen molar-refractivity contribution in [2.45, 2.75) is 26.4 Å². The van der Waals surface area contributed by atoms with Crippen LogP contribution in [0.5, 0.6) is 5.88 Å². The lowest BCUT2D eigenvalue weighted by Crippen LogP contribution is -2.23. The molecule has 0 saturated carbocycles. The highest BCUT2D eigenvalue weighted by atomic mass is 79.9. The van der Waals surface area contributed by atoms with Gasteiger partial charge in [0.15, 0.2) is 5.82 Å². The van der Waals surface area contributed by atoms with E-state index in [4.69, 9.17) is 27.9 Å². The molecule has 1 heterocycles. The van der Waals surface area contributed by atoms with Gasteiger partial charge in [-0.15, -0.1) is 0 Å². The summed E-state index contributed by atoms with van der Waals surface area (Å²) in [4.78, 5) is 7.87. The quantitative estimate of drug-likeness (QED) is 0.524. The van der Waals surface area contributed by atoms with Crippen molar-refractivity contribution in [3.63, 3.8) is 0 Å². The number of nitrogens with zero attached hydrogens (tertiary/aromatic N) is 2. The van der Waals surface area contributed by atoms with E-state index in [1.807, 2.05) is 20.8 Å². The number of halogens is 4. The molecule has 0 aliphatic carbocycles. The predicted octanol–water partition coefficient (Wildman–Crippen LogP) is 5.02. The van der Waals surface area contributed by atoms with E-state index in [1.54, 1.807) is 6.07 Å². The molecule has 2 rings (SSSR count). The number of ether oxygens (including phenoxy) is 1.